The van der Waals surface area contributed by atoms with Gasteiger partial charge in [0.2, 0.25) is 0 Å². The number of hydrogen-bond donors (Lipinski definition) is 1. The van der Waals surface area contributed by atoms with E-state index in [0.29, 0.717) is 12.8 Å². The van der Waals surface area contributed by atoms with Gasteiger partial charge in [0.25, 0.3) is 0 Å². The van der Waals surface area contributed by atoms with Gasteiger partial charge in [0.1, 0.15) is 11.0 Å². The molecule has 7 heteroatoms. The molecule has 7 atom stereocenters. The molecule has 3 saturated carbocycles. The number of carbonyl (C=O) groups is 4. The summed E-state index contributed by atoms with van der Waals surface area (Å²) in [6, 6.07) is 0. The van der Waals surface area contributed by atoms with Crippen LogP contribution in [0.25, 0.3) is 0 Å². The highest BCUT2D eigenvalue weighted by molar-refractivity contribution is 6.32. The zero-order valence-electron chi connectivity index (χ0n) is 14.1. The second-order valence-corrected chi connectivity index (χ2v) is 9.24. The first-order chi connectivity index (χ1) is 12.1. The molecule has 0 radical (unpaired) electrons. The van der Waals surface area contributed by atoms with Crippen LogP contribution in [-0.2, 0) is 23.9 Å². The molecule has 4 aliphatic carbocycles. The van der Waals surface area contributed by atoms with Gasteiger partial charge in [0.15, 0.2) is 11.6 Å². The zero-order valence-corrected chi connectivity index (χ0v) is 14.8. The van der Waals surface area contributed by atoms with Crippen molar-refractivity contribution in [3.8, 4) is 0 Å². The highest BCUT2D eigenvalue weighted by Gasteiger charge is 2.86. The average Bonchev–Trinajstić information content (AvgIpc) is 2.98. The van der Waals surface area contributed by atoms with Crippen molar-refractivity contribution in [3.05, 3.63) is 24.3 Å². The Labute approximate surface area is 154 Å². The third kappa shape index (κ3) is 1.29. The lowest BCUT2D eigenvalue weighted by atomic mass is 9.61. The number of carbonyl (C=O) groups excluding carboxylic acids is 3. The molecule has 0 aromatic heterocycles. The van der Waals surface area contributed by atoms with E-state index in [2.05, 4.69) is 6.58 Å². The first kappa shape index (κ1) is 16.2. The van der Waals surface area contributed by atoms with Gasteiger partial charge in [-0.05, 0) is 38.3 Å². The van der Waals surface area contributed by atoms with Crippen molar-refractivity contribution in [1.29, 1.82) is 0 Å². The molecule has 0 aromatic carbocycles. The number of allylic oxidation sites excluding steroid dienone is 2. The highest BCUT2D eigenvalue weighted by atomic mass is 35.5. The molecule has 136 valence electrons. The summed E-state index contributed by atoms with van der Waals surface area (Å²) in [5.41, 5.74) is -3.89. The third-order valence-corrected chi connectivity index (χ3v) is 8.32. The topological polar surface area (TPSA) is 97.7 Å². The number of rotatable bonds is 1. The molecule has 1 N–H and O–H groups in total. The van der Waals surface area contributed by atoms with Crippen molar-refractivity contribution in [2.75, 3.05) is 0 Å². The van der Waals surface area contributed by atoms with E-state index in [9.17, 15) is 24.3 Å². The Morgan fingerprint density at radius 2 is 2.08 bits per heavy atom. The van der Waals surface area contributed by atoms with Crippen LogP contribution in [0.3, 0.4) is 0 Å². The predicted molar refractivity (Wildman–Crippen MR) is 88.2 cm³/mol. The van der Waals surface area contributed by atoms with E-state index in [1.54, 1.807) is 0 Å². The lowest BCUT2D eigenvalue weighted by Gasteiger charge is -2.42. The molecule has 0 aromatic rings. The minimum absolute atomic E-state index is 0.161. The Hall–Kier alpha value is -1.95. The number of esters is 1. The molecule has 1 aliphatic heterocycles. The highest BCUT2D eigenvalue weighted by Crippen LogP contribution is 2.76. The number of carboxylic acid groups (broad SMARTS) is 1. The third-order valence-electron chi connectivity index (χ3n) is 7.77. The van der Waals surface area contributed by atoms with Crippen LogP contribution in [-0.4, -0.2) is 39.1 Å². The molecule has 0 amide bonds. The lowest BCUT2D eigenvalue weighted by Crippen LogP contribution is -2.49. The van der Waals surface area contributed by atoms with E-state index < -0.39 is 56.8 Å². The summed E-state index contributed by atoms with van der Waals surface area (Å²) in [6.07, 6.45) is 3.90. The van der Waals surface area contributed by atoms with Crippen molar-refractivity contribution in [3.63, 3.8) is 0 Å². The smallest absolute Gasteiger partial charge is 0.321 e. The van der Waals surface area contributed by atoms with E-state index in [1.165, 1.54) is 19.1 Å². The molecule has 1 saturated heterocycles. The summed E-state index contributed by atoms with van der Waals surface area (Å²) in [4.78, 5) is 50.0. The van der Waals surface area contributed by atoms with Crippen molar-refractivity contribution in [1.82, 2.24) is 0 Å². The number of ether oxygens (including phenoxy) is 1. The molecule has 1 heterocycles. The fourth-order valence-electron chi connectivity index (χ4n) is 6.72. The Morgan fingerprint density at radius 3 is 2.73 bits per heavy atom. The molecule has 4 fully saturated rings. The second-order valence-electron chi connectivity index (χ2n) is 8.52. The number of alkyl halides is 1. The van der Waals surface area contributed by atoms with Crippen molar-refractivity contribution in [2.45, 2.75) is 36.7 Å². The number of halogens is 1. The summed E-state index contributed by atoms with van der Waals surface area (Å²) >= 11 is 6.66. The second kappa shape index (κ2) is 4.14. The Balaban J connectivity index is 1.84. The normalized spacial score (nSPS) is 53.5. The molecule has 1 spiro atoms. The van der Waals surface area contributed by atoms with Crippen LogP contribution in [0.4, 0.5) is 0 Å². The van der Waals surface area contributed by atoms with E-state index >= 15 is 0 Å². The van der Waals surface area contributed by atoms with Gasteiger partial charge in [-0.3, -0.25) is 19.2 Å². The van der Waals surface area contributed by atoms with E-state index in [0.717, 1.165) is 0 Å². The van der Waals surface area contributed by atoms with E-state index in [-0.39, 0.29) is 17.8 Å². The van der Waals surface area contributed by atoms with Gasteiger partial charge in [-0.1, -0.05) is 6.58 Å². The van der Waals surface area contributed by atoms with Crippen LogP contribution in [0.2, 0.25) is 0 Å². The Morgan fingerprint density at radius 1 is 1.38 bits per heavy atom. The Bertz CT molecular complexity index is 890. The average molecular weight is 377 g/mol. The van der Waals surface area contributed by atoms with E-state index in [1.807, 2.05) is 0 Å². The van der Waals surface area contributed by atoms with Gasteiger partial charge in [-0.25, -0.2) is 0 Å². The number of Topliss-reactive ketones (excluding diaryl/α,β-unsaturated/α-hetero) is 1. The van der Waals surface area contributed by atoms with Gasteiger partial charge in [0.05, 0.1) is 16.2 Å². The van der Waals surface area contributed by atoms with Gasteiger partial charge in [-0.15, -0.1) is 11.6 Å². The van der Waals surface area contributed by atoms with Gasteiger partial charge < -0.3 is 9.84 Å². The molecule has 26 heavy (non-hydrogen) atoms. The Kier molecular flexibility index (Phi) is 2.58. The number of fused-ring (bicyclic) bond motifs is 1. The van der Waals surface area contributed by atoms with Crippen LogP contribution in [0.5, 0.6) is 0 Å². The number of aliphatic carboxylic acids is 1. The molecule has 4 bridgehead atoms. The van der Waals surface area contributed by atoms with Crippen LogP contribution >= 0.6 is 11.6 Å². The van der Waals surface area contributed by atoms with Crippen LogP contribution < -0.4 is 0 Å². The minimum Gasteiger partial charge on any atom is -0.481 e. The zero-order chi connectivity index (χ0) is 18.9. The number of ketones is 2. The maximum Gasteiger partial charge on any atom is 0.321 e. The standard InChI is InChI=1S/C19H17ClO6/c1-8-13(22)18-7-17(8,20)5-3-9(18)19-6-4-10(21)16(2,15(25)26-19)12(19)11(18)14(23)24/h4,6,9,11-12H,1,3,5,7H2,2H3,(H,23,24)/t9-,11-,12-,16-,17+,18-,19-/m1/s1. The van der Waals surface area contributed by atoms with Crippen molar-refractivity contribution in [2.24, 2.45) is 28.6 Å². The van der Waals surface area contributed by atoms with Crippen molar-refractivity contribution < 1.29 is 29.0 Å². The largest absolute Gasteiger partial charge is 0.481 e. The summed E-state index contributed by atoms with van der Waals surface area (Å²) < 4.78 is 5.75. The summed E-state index contributed by atoms with van der Waals surface area (Å²) in [6.45, 7) is 5.30. The number of hydrogen-bond acceptors (Lipinski definition) is 5. The van der Waals surface area contributed by atoms with E-state index in [4.69, 9.17) is 16.3 Å². The monoisotopic (exact) mass is 376 g/mol. The number of carboxylic acids is 1. The molecular formula is C19H17ClO6. The molecule has 5 rings (SSSR count). The predicted octanol–water partition coefficient (Wildman–Crippen LogP) is 1.66. The van der Waals surface area contributed by atoms with Gasteiger partial charge in [-0.2, -0.15) is 0 Å². The summed E-state index contributed by atoms with van der Waals surface area (Å²) in [5.74, 6) is -5.38. The SMILES string of the molecule is C=C1C(=O)[C@]23C[C@@]1(Cl)CC[C@H]2[C@@]12C=CC(=O)[C@@](C)(C(=O)O1)[C@H]2[C@@H]3C(=O)O. The maximum atomic E-state index is 13.3. The first-order valence-corrected chi connectivity index (χ1v) is 9.06. The first-order valence-electron chi connectivity index (χ1n) is 8.69. The lowest BCUT2D eigenvalue weighted by molar-refractivity contribution is -0.162. The van der Waals surface area contributed by atoms with Crippen LogP contribution in [0, 0.1) is 28.6 Å². The van der Waals surface area contributed by atoms with Gasteiger partial charge in [0, 0.05) is 17.4 Å². The van der Waals surface area contributed by atoms with Gasteiger partial charge >= 0.3 is 11.9 Å². The molecular weight excluding hydrogens is 360 g/mol. The van der Waals surface area contributed by atoms with Crippen LogP contribution in [0.1, 0.15) is 26.2 Å². The fraction of sp³-hybridized carbons (Fsp3) is 0.579. The molecule has 0 unspecified atom stereocenters. The van der Waals surface area contributed by atoms with Crippen LogP contribution in [0.15, 0.2) is 24.3 Å². The minimum atomic E-state index is -1.59. The molecule has 6 nitrogen and oxygen atoms in total. The quantitative estimate of drug-likeness (QED) is 0.323. The molecule has 5 aliphatic rings. The fourth-order valence-corrected chi connectivity index (χ4v) is 7.14. The van der Waals surface area contributed by atoms with Crippen molar-refractivity contribution >= 4 is 35.1 Å². The maximum absolute atomic E-state index is 13.3. The summed E-state index contributed by atoms with van der Waals surface area (Å²) in [7, 11) is 0. The summed E-state index contributed by atoms with van der Waals surface area (Å²) in [5, 5.41) is 10.1.